The molecule has 98 valence electrons. The Kier molecular flexibility index (Phi) is 5.00. The zero-order valence-electron chi connectivity index (χ0n) is 9.36. The fourth-order valence-corrected chi connectivity index (χ4v) is 2.35. The molecule has 0 saturated carbocycles. The normalized spacial score (nSPS) is 21.4. The maximum absolute atomic E-state index is 11.5. The molecule has 8 nitrogen and oxygen atoms in total. The van der Waals surface area contributed by atoms with E-state index in [1.165, 1.54) is 7.11 Å². The van der Waals surface area contributed by atoms with Crippen molar-refractivity contribution >= 4 is 22.0 Å². The van der Waals surface area contributed by atoms with Crippen LogP contribution in [0.1, 0.15) is 12.8 Å². The Hall–Kier alpha value is -1.03. The lowest BCUT2D eigenvalue weighted by Crippen LogP contribution is -2.54. The van der Waals surface area contributed by atoms with Gasteiger partial charge in [-0.1, -0.05) is 0 Å². The summed E-state index contributed by atoms with van der Waals surface area (Å²) in [6.07, 6.45) is 0.285. The Labute approximate surface area is 99.3 Å². The van der Waals surface area contributed by atoms with Gasteiger partial charge in [0.05, 0.1) is 6.61 Å². The summed E-state index contributed by atoms with van der Waals surface area (Å²) in [5.74, 6) is -1.02. The molecule has 0 aliphatic carbocycles. The first-order valence-electron chi connectivity index (χ1n) is 5.04. The van der Waals surface area contributed by atoms with E-state index >= 15 is 0 Å². The van der Waals surface area contributed by atoms with Crippen LogP contribution in [0.5, 0.6) is 0 Å². The van der Waals surface area contributed by atoms with Crippen molar-refractivity contribution in [1.29, 1.82) is 0 Å². The van der Waals surface area contributed by atoms with Gasteiger partial charge in [-0.05, 0) is 6.42 Å². The molecule has 1 fully saturated rings. The molecule has 0 aromatic rings. The summed E-state index contributed by atoms with van der Waals surface area (Å²) in [7, 11) is -2.31. The van der Waals surface area contributed by atoms with E-state index in [0.717, 1.165) is 0 Å². The standard InChI is InChI=1S/C8H15N3O5S/c1-16-5-4-9-17(14,15)11-6-2-3-7(12)10-8(6)13/h6,9,11H,2-5H2,1H3,(H,10,12,13). The summed E-state index contributed by atoms with van der Waals surface area (Å²) >= 11 is 0. The van der Waals surface area contributed by atoms with Gasteiger partial charge in [0.1, 0.15) is 6.04 Å². The van der Waals surface area contributed by atoms with Gasteiger partial charge in [0.2, 0.25) is 11.8 Å². The summed E-state index contributed by atoms with van der Waals surface area (Å²) in [6, 6.07) is -0.909. The highest BCUT2D eigenvalue weighted by Crippen LogP contribution is 2.04. The Morgan fingerprint density at radius 2 is 2.18 bits per heavy atom. The number of carbonyl (C=O) groups is 2. The molecule has 1 saturated heterocycles. The first kappa shape index (κ1) is 14.0. The molecule has 1 aliphatic heterocycles. The molecule has 3 N–H and O–H groups in total. The fraction of sp³-hybridized carbons (Fsp3) is 0.750. The van der Waals surface area contributed by atoms with Crippen molar-refractivity contribution in [3.8, 4) is 0 Å². The molecule has 0 bridgehead atoms. The van der Waals surface area contributed by atoms with Crippen LogP contribution in [-0.2, 0) is 24.5 Å². The van der Waals surface area contributed by atoms with Crippen LogP contribution < -0.4 is 14.8 Å². The second-order valence-electron chi connectivity index (χ2n) is 3.51. The quantitative estimate of drug-likeness (QED) is 0.375. The van der Waals surface area contributed by atoms with Gasteiger partial charge in [0, 0.05) is 20.1 Å². The van der Waals surface area contributed by atoms with Gasteiger partial charge in [0.25, 0.3) is 10.2 Å². The molecule has 0 radical (unpaired) electrons. The lowest BCUT2D eigenvalue weighted by atomic mass is 10.1. The van der Waals surface area contributed by atoms with Gasteiger partial charge < -0.3 is 4.74 Å². The van der Waals surface area contributed by atoms with Crippen LogP contribution in [0.15, 0.2) is 0 Å². The summed E-state index contributed by atoms with van der Waals surface area (Å²) in [6.45, 7) is 0.343. The number of hydrogen-bond acceptors (Lipinski definition) is 5. The SMILES string of the molecule is COCCNS(=O)(=O)NC1CCC(=O)NC1=O. The van der Waals surface area contributed by atoms with Crippen LogP contribution >= 0.6 is 0 Å². The molecule has 2 amide bonds. The summed E-state index contributed by atoms with van der Waals surface area (Å²) < 4.78 is 32.0. The zero-order chi connectivity index (χ0) is 12.9. The Bertz CT molecular complexity index is 394. The molecule has 1 rings (SSSR count). The number of hydrogen-bond donors (Lipinski definition) is 3. The molecule has 1 unspecified atom stereocenters. The summed E-state index contributed by atoms with van der Waals surface area (Å²) in [5, 5.41) is 2.06. The number of nitrogens with one attached hydrogen (secondary N) is 3. The molecule has 0 aromatic heterocycles. The molecule has 17 heavy (non-hydrogen) atoms. The molecular formula is C8H15N3O5S. The van der Waals surface area contributed by atoms with Crippen molar-refractivity contribution in [3.63, 3.8) is 0 Å². The van der Waals surface area contributed by atoms with E-state index < -0.39 is 28.1 Å². The van der Waals surface area contributed by atoms with E-state index in [2.05, 4.69) is 19.5 Å². The first-order valence-corrected chi connectivity index (χ1v) is 6.52. The van der Waals surface area contributed by atoms with Gasteiger partial charge in [-0.25, -0.2) is 0 Å². The molecule has 0 aromatic carbocycles. The average molecular weight is 265 g/mol. The van der Waals surface area contributed by atoms with E-state index in [9.17, 15) is 18.0 Å². The molecule has 1 heterocycles. The van der Waals surface area contributed by atoms with Crippen molar-refractivity contribution in [2.24, 2.45) is 0 Å². The van der Waals surface area contributed by atoms with Gasteiger partial charge in [-0.2, -0.15) is 17.9 Å². The van der Waals surface area contributed by atoms with Crippen molar-refractivity contribution in [1.82, 2.24) is 14.8 Å². The monoisotopic (exact) mass is 265 g/mol. The van der Waals surface area contributed by atoms with Crippen molar-refractivity contribution in [2.75, 3.05) is 20.3 Å². The van der Waals surface area contributed by atoms with Gasteiger partial charge in [0.15, 0.2) is 0 Å². The molecular weight excluding hydrogens is 250 g/mol. The highest BCUT2D eigenvalue weighted by molar-refractivity contribution is 7.87. The number of piperidine rings is 1. The average Bonchev–Trinajstić information content (AvgIpc) is 2.22. The van der Waals surface area contributed by atoms with E-state index in [0.29, 0.717) is 0 Å². The van der Waals surface area contributed by atoms with E-state index in [1.54, 1.807) is 0 Å². The third-order valence-corrected chi connectivity index (χ3v) is 3.31. The van der Waals surface area contributed by atoms with Gasteiger partial charge >= 0.3 is 0 Å². The van der Waals surface area contributed by atoms with E-state index in [-0.39, 0.29) is 26.0 Å². The Morgan fingerprint density at radius 1 is 1.47 bits per heavy atom. The van der Waals surface area contributed by atoms with Crippen LogP contribution in [0.2, 0.25) is 0 Å². The zero-order valence-corrected chi connectivity index (χ0v) is 10.2. The maximum Gasteiger partial charge on any atom is 0.277 e. The minimum atomic E-state index is -3.76. The molecule has 0 spiro atoms. The Morgan fingerprint density at radius 3 is 2.76 bits per heavy atom. The first-order chi connectivity index (χ1) is 7.94. The van der Waals surface area contributed by atoms with Crippen molar-refractivity contribution < 1.29 is 22.7 Å². The number of methoxy groups -OCH3 is 1. The lowest BCUT2D eigenvalue weighted by Gasteiger charge is -2.21. The molecule has 1 atom stereocenters. The molecule has 9 heteroatoms. The third-order valence-electron chi connectivity index (χ3n) is 2.13. The topological polar surface area (TPSA) is 114 Å². The predicted octanol–water partition coefficient (Wildman–Crippen LogP) is -2.14. The fourth-order valence-electron chi connectivity index (χ4n) is 1.31. The highest BCUT2D eigenvalue weighted by atomic mass is 32.2. The number of amides is 2. The number of carbonyl (C=O) groups excluding carboxylic acids is 2. The van der Waals surface area contributed by atoms with Crippen LogP contribution in [0.25, 0.3) is 0 Å². The van der Waals surface area contributed by atoms with Gasteiger partial charge in [-0.3, -0.25) is 14.9 Å². The summed E-state index contributed by atoms with van der Waals surface area (Å²) in [5.41, 5.74) is 0. The van der Waals surface area contributed by atoms with E-state index in [4.69, 9.17) is 0 Å². The maximum atomic E-state index is 11.5. The van der Waals surface area contributed by atoms with E-state index in [1.807, 2.05) is 0 Å². The second-order valence-corrected chi connectivity index (χ2v) is 5.04. The number of rotatable bonds is 6. The third kappa shape index (κ3) is 4.77. The lowest BCUT2D eigenvalue weighted by molar-refractivity contribution is -0.134. The van der Waals surface area contributed by atoms with Crippen LogP contribution in [0.4, 0.5) is 0 Å². The summed E-state index contributed by atoms with van der Waals surface area (Å²) in [4.78, 5) is 22.2. The minimum absolute atomic E-state index is 0.110. The largest absolute Gasteiger partial charge is 0.383 e. The van der Waals surface area contributed by atoms with Crippen LogP contribution in [0, 0.1) is 0 Å². The van der Waals surface area contributed by atoms with Crippen molar-refractivity contribution in [3.05, 3.63) is 0 Å². The highest BCUT2D eigenvalue weighted by Gasteiger charge is 2.29. The second kappa shape index (κ2) is 6.05. The van der Waals surface area contributed by atoms with Crippen LogP contribution in [-0.4, -0.2) is 46.5 Å². The van der Waals surface area contributed by atoms with Crippen molar-refractivity contribution in [2.45, 2.75) is 18.9 Å². The van der Waals surface area contributed by atoms with Crippen LogP contribution in [0.3, 0.4) is 0 Å². The predicted molar refractivity (Wildman–Crippen MR) is 58.1 cm³/mol. The Balaban J connectivity index is 2.47. The smallest absolute Gasteiger partial charge is 0.277 e. The minimum Gasteiger partial charge on any atom is -0.383 e. The number of imide groups is 1. The number of ether oxygens (including phenoxy) is 1. The molecule has 1 aliphatic rings. The van der Waals surface area contributed by atoms with Gasteiger partial charge in [-0.15, -0.1) is 0 Å².